The second-order valence-corrected chi connectivity index (χ2v) is 7.36. The Hall–Kier alpha value is -0.720. The van der Waals surface area contributed by atoms with Crippen LogP contribution in [-0.2, 0) is 0 Å². The summed E-state index contributed by atoms with van der Waals surface area (Å²) in [6.07, 6.45) is 27.0. The van der Waals surface area contributed by atoms with Crippen LogP contribution in [0, 0.1) is 0 Å². The van der Waals surface area contributed by atoms with Crippen LogP contribution >= 0.6 is 0 Å². The highest BCUT2D eigenvalue weighted by Crippen LogP contribution is 2.13. The fourth-order valence-corrected chi connectivity index (χ4v) is 3.29. The van der Waals surface area contributed by atoms with E-state index < -0.39 is 0 Å². The maximum Gasteiger partial charge on any atom is 0.0359 e. The van der Waals surface area contributed by atoms with Crippen LogP contribution in [0.4, 0.5) is 0 Å². The summed E-state index contributed by atoms with van der Waals surface area (Å²) in [5.41, 5.74) is 1.40. The minimum Gasteiger partial charge on any atom is -0.374 e. The van der Waals surface area contributed by atoms with Crippen molar-refractivity contribution in [3.8, 4) is 0 Å². The van der Waals surface area contributed by atoms with E-state index in [2.05, 4.69) is 37.1 Å². The van der Waals surface area contributed by atoms with Gasteiger partial charge in [-0.15, -0.1) is 0 Å². The third-order valence-corrected chi connectivity index (χ3v) is 4.99. The molecule has 0 fully saturated rings. The number of allylic oxidation sites excluding steroid dienone is 2. The third-order valence-electron chi connectivity index (χ3n) is 4.99. The molecule has 1 aliphatic heterocycles. The number of hydrogen-bond acceptors (Lipinski definition) is 1. The van der Waals surface area contributed by atoms with E-state index in [4.69, 9.17) is 0 Å². The van der Waals surface area contributed by atoms with Crippen molar-refractivity contribution in [1.82, 2.24) is 4.90 Å². The SMILES string of the molecule is CCCCCCCCCCCCCCCCN1C=CC(C)=CC1. The summed E-state index contributed by atoms with van der Waals surface area (Å²) in [5.74, 6) is 0. The van der Waals surface area contributed by atoms with Crippen molar-refractivity contribution in [1.29, 1.82) is 0 Å². The Bertz CT molecular complexity index is 316. The smallest absolute Gasteiger partial charge is 0.0359 e. The molecule has 1 heterocycles. The van der Waals surface area contributed by atoms with Crippen molar-refractivity contribution >= 4 is 0 Å². The lowest BCUT2D eigenvalue weighted by atomic mass is 10.0. The highest BCUT2D eigenvalue weighted by atomic mass is 15.1. The van der Waals surface area contributed by atoms with Gasteiger partial charge in [-0.3, -0.25) is 0 Å². The molecule has 1 rings (SSSR count). The molecule has 23 heavy (non-hydrogen) atoms. The molecule has 0 amide bonds. The van der Waals surface area contributed by atoms with Crippen LogP contribution in [0.2, 0.25) is 0 Å². The topological polar surface area (TPSA) is 3.24 Å². The van der Waals surface area contributed by atoms with Gasteiger partial charge in [0.2, 0.25) is 0 Å². The Balaban J connectivity index is 1.73. The molecule has 134 valence electrons. The van der Waals surface area contributed by atoms with Crippen molar-refractivity contribution in [2.45, 2.75) is 104 Å². The van der Waals surface area contributed by atoms with Crippen LogP contribution in [0.5, 0.6) is 0 Å². The van der Waals surface area contributed by atoms with Gasteiger partial charge in [0.1, 0.15) is 0 Å². The van der Waals surface area contributed by atoms with E-state index in [0.717, 1.165) is 6.54 Å². The van der Waals surface area contributed by atoms with Crippen LogP contribution in [0.1, 0.15) is 104 Å². The molecule has 0 aromatic carbocycles. The van der Waals surface area contributed by atoms with Gasteiger partial charge in [-0.1, -0.05) is 102 Å². The minimum atomic E-state index is 1.11. The van der Waals surface area contributed by atoms with Gasteiger partial charge in [0, 0.05) is 13.1 Å². The molecule has 0 aromatic rings. The van der Waals surface area contributed by atoms with Crippen LogP contribution in [0.3, 0.4) is 0 Å². The Morgan fingerprint density at radius 1 is 0.739 bits per heavy atom. The van der Waals surface area contributed by atoms with E-state index in [-0.39, 0.29) is 0 Å². The van der Waals surface area contributed by atoms with Gasteiger partial charge in [-0.2, -0.15) is 0 Å². The Morgan fingerprint density at radius 2 is 1.22 bits per heavy atom. The Labute approximate surface area is 146 Å². The lowest BCUT2D eigenvalue weighted by molar-refractivity contribution is 0.390. The van der Waals surface area contributed by atoms with Crippen molar-refractivity contribution in [2.24, 2.45) is 0 Å². The predicted molar refractivity (Wildman–Crippen MR) is 105 cm³/mol. The van der Waals surface area contributed by atoms with E-state index in [1.807, 2.05) is 0 Å². The molecule has 0 saturated heterocycles. The van der Waals surface area contributed by atoms with Gasteiger partial charge >= 0.3 is 0 Å². The average Bonchev–Trinajstić information content (AvgIpc) is 2.57. The maximum absolute atomic E-state index is 2.44. The van der Waals surface area contributed by atoms with Gasteiger partial charge in [0.15, 0.2) is 0 Å². The standard InChI is InChI=1S/C22H41N/c1-3-4-5-6-7-8-9-10-11-12-13-14-15-16-19-23-20-17-22(2)18-21-23/h17-18,20H,3-16,19,21H2,1-2H3. The van der Waals surface area contributed by atoms with Crippen LogP contribution in [0.15, 0.2) is 23.9 Å². The second kappa shape index (κ2) is 14.8. The molecular formula is C22H41N. The number of unbranched alkanes of at least 4 members (excludes halogenated alkanes) is 13. The summed E-state index contributed by atoms with van der Waals surface area (Å²) >= 11 is 0. The van der Waals surface area contributed by atoms with E-state index in [9.17, 15) is 0 Å². The third kappa shape index (κ3) is 12.4. The molecule has 0 N–H and O–H groups in total. The van der Waals surface area contributed by atoms with Gasteiger partial charge in [-0.05, 0) is 25.6 Å². The molecule has 0 bridgehead atoms. The van der Waals surface area contributed by atoms with E-state index in [1.165, 1.54) is 102 Å². The lowest BCUT2D eigenvalue weighted by Gasteiger charge is -2.21. The van der Waals surface area contributed by atoms with Gasteiger partial charge in [0.25, 0.3) is 0 Å². The maximum atomic E-state index is 2.44. The quantitative estimate of drug-likeness (QED) is 0.287. The van der Waals surface area contributed by atoms with E-state index in [1.54, 1.807) is 0 Å². The first-order valence-electron chi connectivity index (χ1n) is 10.4. The first-order chi connectivity index (χ1) is 11.3. The Kier molecular flexibility index (Phi) is 13.1. The molecule has 1 aliphatic rings. The van der Waals surface area contributed by atoms with Crippen LogP contribution in [0.25, 0.3) is 0 Å². The van der Waals surface area contributed by atoms with Gasteiger partial charge in [0.05, 0.1) is 0 Å². The van der Waals surface area contributed by atoms with Crippen molar-refractivity contribution in [3.05, 3.63) is 23.9 Å². The zero-order valence-corrected chi connectivity index (χ0v) is 16.0. The normalized spacial score (nSPS) is 14.3. The highest BCUT2D eigenvalue weighted by Gasteiger charge is 2.01. The summed E-state index contributed by atoms with van der Waals surface area (Å²) < 4.78 is 0. The molecule has 0 aromatic heterocycles. The van der Waals surface area contributed by atoms with E-state index >= 15 is 0 Å². The summed E-state index contributed by atoms with van der Waals surface area (Å²) in [7, 11) is 0. The van der Waals surface area contributed by atoms with Crippen molar-refractivity contribution < 1.29 is 0 Å². The zero-order valence-electron chi connectivity index (χ0n) is 16.0. The monoisotopic (exact) mass is 319 g/mol. The molecule has 0 radical (unpaired) electrons. The molecular weight excluding hydrogens is 278 g/mol. The van der Waals surface area contributed by atoms with Crippen molar-refractivity contribution in [3.63, 3.8) is 0 Å². The lowest BCUT2D eigenvalue weighted by Crippen LogP contribution is -2.20. The average molecular weight is 320 g/mol. The summed E-state index contributed by atoms with van der Waals surface area (Å²) in [6.45, 7) is 6.82. The molecule has 0 unspecified atom stereocenters. The Morgan fingerprint density at radius 3 is 1.65 bits per heavy atom. The number of rotatable bonds is 15. The van der Waals surface area contributed by atoms with Crippen LogP contribution in [-0.4, -0.2) is 18.0 Å². The molecule has 0 saturated carbocycles. The zero-order chi connectivity index (χ0) is 16.6. The van der Waals surface area contributed by atoms with Gasteiger partial charge < -0.3 is 4.90 Å². The largest absolute Gasteiger partial charge is 0.374 e. The fourth-order valence-electron chi connectivity index (χ4n) is 3.29. The minimum absolute atomic E-state index is 1.11. The first-order valence-corrected chi connectivity index (χ1v) is 10.4. The first kappa shape index (κ1) is 20.3. The fraction of sp³-hybridized carbons (Fsp3) is 0.818. The van der Waals surface area contributed by atoms with Crippen LogP contribution < -0.4 is 0 Å². The summed E-state index contributed by atoms with van der Waals surface area (Å²) in [6, 6.07) is 0. The number of nitrogens with zero attached hydrogens (tertiary/aromatic N) is 1. The van der Waals surface area contributed by atoms with Crippen molar-refractivity contribution in [2.75, 3.05) is 13.1 Å². The highest BCUT2D eigenvalue weighted by molar-refractivity contribution is 5.19. The van der Waals surface area contributed by atoms with E-state index in [0.29, 0.717) is 0 Å². The second-order valence-electron chi connectivity index (χ2n) is 7.36. The molecule has 0 atom stereocenters. The summed E-state index contributed by atoms with van der Waals surface area (Å²) in [4.78, 5) is 2.44. The van der Waals surface area contributed by atoms with Gasteiger partial charge in [-0.25, -0.2) is 0 Å². The molecule has 1 heteroatoms. The summed E-state index contributed by atoms with van der Waals surface area (Å²) in [5, 5.41) is 0. The predicted octanol–water partition coefficient (Wildman–Crippen LogP) is 7.24. The molecule has 1 nitrogen and oxygen atoms in total. The molecule has 0 spiro atoms. The number of hydrogen-bond donors (Lipinski definition) is 0. The molecule has 0 aliphatic carbocycles.